The maximum atomic E-state index is 12.7. The zero-order chi connectivity index (χ0) is 19.7. The topological polar surface area (TPSA) is 84.3 Å². The first-order valence-electron chi connectivity index (χ1n) is 9.23. The second-order valence-electron chi connectivity index (χ2n) is 6.91. The third-order valence-corrected chi connectivity index (χ3v) is 6.36. The van der Waals surface area contributed by atoms with Crippen LogP contribution in [0.25, 0.3) is 10.2 Å². The van der Waals surface area contributed by atoms with Crippen molar-refractivity contribution < 1.29 is 14.6 Å². The Labute approximate surface area is 171 Å². The quantitative estimate of drug-likeness (QED) is 0.425. The van der Waals surface area contributed by atoms with E-state index < -0.39 is 0 Å². The second-order valence-corrected chi connectivity index (χ2v) is 8.35. The highest BCUT2D eigenvalue weighted by molar-refractivity contribution is 7.20. The van der Waals surface area contributed by atoms with Crippen LogP contribution in [-0.2, 0) is 4.74 Å². The molecule has 146 valence electrons. The molecule has 1 aromatic carbocycles. The number of halogens is 1. The number of hydrogen-bond donors (Lipinski definition) is 2. The number of phenolic OH excluding ortho intramolecular Hbond substituents is 1. The van der Waals surface area contributed by atoms with Crippen LogP contribution in [0.15, 0.2) is 24.5 Å². The standard InChI is InChI=1S/C20H20ClN3O3S/c1-11-16-18(24-14-9-12(21)7-8-15(14)25)22-10-23-19(16)28-17(11)20(26)27-13-5-3-2-4-6-13/h7-10,13,25H,2-6H2,1H3,(H,22,23,24). The van der Waals surface area contributed by atoms with Crippen molar-refractivity contribution in [3.05, 3.63) is 40.0 Å². The lowest BCUT2D eigenvalue weighted by molar-refractivity contribution is 0.0216. The minimum absolute atomic E-state index is 0.00190. The van der Waals surface area contributed by atoms with Crippen LogP contribution < -0.4 is 5.32 Å². The Morgan fingerprint density at radius 2 is 2.07 bits per heavy atom. The Bertz CT molecular complexity index is 1030. The molecule has 8 heteroatoms. The fourth-order valence-electron chi connectivity index (χ4n) is 3.48. The summed E-state index contributed by atoms with van der Waals surface area (Å²) in [5.41, 5.74) is 1.20. The number of phenols is 1. The number of nitrogens with one attached hydrogen (secondary N) is 1. The summed E-state index contributed by atoms with van der Waals surface area (Å²) in [5, 5.41) is 14.4. The fraction of sp³-hybridized carbons (Fsp3) is 0.350. The summed E-state index contributed by atoms with van der Waals surface area (Å²) in [7, 11) is 0. The normalized spacial score (nSPS) is 14.9. The largest absolute Gasteiger partial charge is 0.506 e. The summed E-state index contributed by atoms with van der Waals surface area (Å²) in [6, 6.07) is 4.73. The lowest BCUT2D eigenvalue weighted by Gasteiger charge is -2.21. The molecule has 6 nitrogen and oxygen atoms in total. The molecule has 0 unspecified atom stereocenters. The summed E-state index contributed by atoms with van der Waals surface area (Å²) in [6.45, 7) is 1.86. The Morgan fingerprint density at radius 3 is 2.86 bits per heavy atom. The molecule has 1 fully saturated rings. The maximum absolute atomic E-state index is 12.7. The highest BCUT2D eigenvalue weighted by atomic mass is 35.5. The SMILES string of the molecule is Cc1c(C(=O)OC2CCCCC2)sc2ncnc(Nc3cc(Cl)ccc3O)c12. The van der Waals surface area contributed by atoms with Crippen molar-refractivity contribution in [3.8, 4) is 5.75 Å². The van der Waals surface area contributed by atoms with E-state index in [1.807, 2.05) is 6.92 Å². The van der Waals surface area contributed by atoms with Crippen LogP contribution in [0.1, 0.15) is 47.3 Å². The van der Waals surface area contributed by atoms with E-state index in [1.54, 1.807) is 12.1 Å². The Balaban J connectivity index is 1.66. The number of benzene rings is 1. The van der Waals surface area contributed by atoms with Gasteiger partial charge in [-0.2, -0.15) is 0 Å². The third kappa shape index (κ3) is 3.77. The highest BCUT2D eigenvalue weighted by Crippen LogP contribution is 2.37. The summed E-state index contributed by atoms with van der Waals surface area (Å²) in [5.74, 6) is 0.262. The van der Waals surface area contributed by atoms with Gasteiger partial charge >= 0.3 is 5.97 Å². The van der Waals surface area contributed by atoms with Crippen LogP contribution in [-0.4, -0.2) is 27.1 Å². The Morgan fingerprint density at radius 1 is 1.29 bits per heavy atom. The van der Waals surface area contributed by atoms with Gasteiger partial charge in [-0.15, -0.1) is 11.3 Å². The van der Waals surface area contributed by atoms with Gasteiger partial charge in [0.1, 0.15) is 33.7 Å². The van der Waals surface area contributed by atoms with E-state index in [-0.39, 0.29) is 17.8 Å². The number of rotatable bonds is 4. The second kappa shape index (κ2) is 7.93. The van der Waals surface area contributed by atoms with Crippen LogP contribution in [0.5, 0.6) is 5.75 Å². The van der Waals surface area contributed by atoms with Crippen LogP contribution in [0, 0.1) is 6.92 Å². The smallest absolute Gasteiger partial charge is 0.348 e. The summed E-state index contributed by atoms with van der Waals surface area (Å²) >= 11 is 7.33. The van der Waals surface area contributed by atoms with E-state index in [0.717, 1.165) is 36.6 Å². The van der Waals surface area contributed by atoms with Gasteiger partial charge in [0.15, 0.2) is 0 Å². The van der Waals surface area contributed by atoms with Gasteiger partial charge in [-0.25, -0.2) is 14.8 Å². The van der Waals surface area contributed by atoms with Crippen molar-refractivity contribution in [1.82, 2.24) is 9.97 Å². The molecule has 1 aliphatic carbocycles. The number of nitrogens with zero attached hydrogens (tertiary/aromatic N) is 2. The molecular weight excluding hydrogens is 398 g/mol. The first kappa shape index (κ1) is 19.0. The molecule has 0 atom stereocenters. The van der Waals surface area contributed by atoms with Gasteiger partial charge in [-0.1, -0.05) is 18.0 Å². The lowest BCUT2D eigenvalue weighted by atomic mass is 9.98. The van der Waals surface area contributed by atoms with Crippen molar-refractivity contribution in [3.63, 3.8) is 0 Å². The number of anilines is 2. The van der Waals surface area contributed by atoms with E-state index in [0.29, 0.717) is 26.2 Å². The molecule has 0 aliphatic heterocycles. The Kier molecular flexibility index (Phi) is 5.37. The van der Waals surface area contributed by atoms with Crippen molar-refractivity contribution in [2.45, 2.75) is 45.1 Å². The molecule has 1 aliphatic rings. The number of aromatic hydroxyl groups is 1. The molecule has 2 heterocycles. The summed E-state index contributed by atoms with van der Waals surface area (Å²) in [6.07, 6.45) is 6.69. The van der Waals surface area contributed by atoms with E-state index >= 15 is 0 Å². The van der Waals surface area contributed by atoms with E-state index in [2.05, 4.69) is 15.3 Å². The van der Waals surface area contributed by atoms with Crippen LogP contribution in [0.4, 0.5) is 11.5 Å². The number of aryl methyl sites for hydroxylation is 1. The Hall–Kier alpha value is -2.38. The molecule has 0 saturated heterocycles. The first-order valence-corrected chi connectivity index (χ1v) is 10.4. The van der Waals surface area contributed by atoms with E-state index in [1.165, 1.54) is 30.2 Å². The summed E-state index contributed by atoms with van der Waals surface area (Å²) < 4.78 is 5.73. The van der Waals surface area contributed by atoms with Crippen molar-refractivity contribution >= 4 is 50.6 Å². The monoisotopic (exact) mass is 417 g/mol. The maximum Gasteiger partial charge on any atom is 0.348 e. The number of ether oxygens (including phenoxy) is 1. The number of fused-ring (bicyclic) bond motifs is 1. The van der Waals surface area contributed by atoms with Gasteiger partial charge in [0, 0.05) is 5.02 Å². The van der Waals surface area contributed by atoms with Crippen molar-refractivity contribution in [2.75, 3.05) is 5.32 Å². The molecule has 4 rings (SSSR count). The minimum Gasteiger partial charge on any atom is -0.506 e. The molecule has 1 saturated carbocycles. The average molecular weight is 418 g/mol. The molecule has 0 amide bonds. The van der Waals surface area contributed by atoms with Gasteiger partial charge in [0.25, 0.3) is 0 Å². The minimum atomic E-state index is -0.302. The average Bonchev–Trinajstić information content (AvgIpc) is 3.03. The number of aromatic nitrogens is 2. The number of carbonyl (C=O) groups excluding carboxylic acids is 1. The van der Waals surface area contributed by atoms with Crippen LogP contribution in [0.3, 0.4) is 0 Å². The predicted molar refractivity (Wildman–Crippen MR) is 111 cm³/mol. The predicted octanol–water partition coefficient (Wildman–Crippen LogP) is 5.59. The lowest BCUT2D eigenvalue weighted by Crippen LogP contribution is -2.20. The van der Waals surface area contributed by atoms with Gasteiger partial charge in [0.05, 0.1) is 11.1 Å². The molecular formula is C20H20ClN3O3S. The molecule has 3 aromatic rings. The van der Waals surface area contributed by atoms with Crippen LogP contribution in [0.2, 0.25) is 5.02 Å². The zero-order valence-electron chi connectivity index (χ0n) is 15.4. The van der Waals surface area contributed by atoms with Crippen LogP contribution >= 0.6 is 22.9 Å². The third-order valence-electron chi connectivity index (χ3n) is 4.95. The molecule has 0 spiro atoms. The van der Waals surface area contributed by atoms with Gasteiger partial charge < -0.3 is 15.2 Å². The van der Waals surface area contributed by atoms with E-state index in [4.69, 9.17) is 16.3 Å². The molecule has 0 bridgehead atoms. The number of thiophene rings is 1. The first-order chi connectivity index (χ1) is 13.5. The van der Waals surface area contributed by atoms with Gasteiger partial charge in [0.2, 0.25) is 0 Å². The number of carbonyl (C=O) groups is 1. The van der Waals surface area contributed by atoms with Gasteiger partial charge in [-0.3, -0.25) is 0 Å². The van der Waals surface area contributed by atoms with Gasteiger partial charge in [-0.05, 0) is 56.4 Å². The molecule has 0 radical (unpaired) electrons. The zero-order valence-corrected chi connectivity index (χ0v) is 16.9. The van der Waals surface area contributed by atoms with Crippen molar-refractivity contribution in [1.29, 1.82) is 0 Å². The number of hydrogen-bond acceptors (Lipinski definition) is 7. The number of esters is 1. The van der Waals surface area contributed by atoms with E-state index in [9.17, 15) is 9.90 Å². The highest BCUT2D eigenvalue weighted by Gasteiger charge is 2.24. The molecule has 2 N–H and O–H groups in total. The summed E-state index contributed by atoms with van der Waals surface area (Å²) in [4.78, 5) is 22.6. The van der Waals surface area contributed by atoms with Crippen molar-refractivity contribution in [2.24, 2.45) is 0 Å². The fourth-order valence-corrected chi connectivity index (χ4v) is 4.69. The molecule has 2 aromatic heterocycles. The molecule has 28 heavy (non-hydrogen) atoms.